The van der Waals surface area contributed by atoms with Gasteiger partial charge >= 0.3 is 6.61 Å². The number of hydrogen-bond acceptors (Lipinski definition) is 6. The molecule has 0 spiro atoms. The van der Waals surface area contributed by atoms with Gasteiger partial charge in [-0.3, -0.25) is 19.3 Å². The van der Waals surface area contributed by atoms with Crippen LogP contribution in [-0.2, 0) is 4.79 Å². The van der Waals surface area contributed by atoms with Crippen LogP contribution in [0.5, 0.6) is 11.5 Å². The van der Waals surface area contributed by atoms with E-state index in [1.807, 2.05) is 0 Å². The van der Waals surface area contributed by atoms with Crippen LogP contribution in [0.1, 0.15) is 10.4 Å². The van der Waals surface area contributed by atoms with Gasteiger partial charge in [0.05, 0.1) is 12.9 Å². The Morgan fingerprint density at radius 1 is 1.38 bits per heavy atom. The van der Waals surface area contributed by atoms with Crippen LogP contribution in [0.2, 0.25) is 0 Å². The number of hydrogen-bond donors (Lipinski definition) is 1. The molecule has 1 aromatic carbocycles. The van der Waals surface area contributed by atoms with Crippen LogP contribution >= 0.6 is 11.8 Å². The molecule has 3 amide bonds. The monoisotopic (exact) mass is 360 g/mol. The molecule has 0 radical (unpaired) electrons. The minimum absolute atomic E-state index is 0.0486. The second-order valence-corrected chi connectivity index (χ2v) is 5.53. The number of rotatable bonds is 7. The number of benzene rings is 1. The van der Waals surface area contributed by atoms with Crippen LogP contribution in [0.25, 0.3) is 0 Å². The number of methoxy groups -OCH3 is 1. The molecule has 1 N–H and O–H groups in total. The lowest BCUT2D eigenvalue weighted by molar-refractivity contribution is -0.124. The Morgan fingerprint density at radius 2 is 2.12 bits per heavy atom. The molecule has 130 valence electrons. The minimum Gasteiger partial charge on any atom is -0.493 e. The average molecular weight is 360 g/mol. The van der Waals surface area contributed by atoms with Gasteiger partial charge in [-0.15, -0.1) is 0 Å². The molecule has 10 heteroatoms. The molecule has 1 heterocycles. The van der Waals surface area contributed by atoms with Crippen molar-refractivity contribution in [2.24, 2.45) is 0 Å². The SMILES string of the molecule is COc1ccc(C(=O)NCCN2C(=O)CSC2=O)cc1OC(F)F. The molecular weight excluding hydrogens is 346 g/mol. The van der Waals surface area contributed by atoms with Gasteiger partial charge in [0.1, 0.15) is 0 Å². The molecule has 7 nitrogen and oxygen atoms in total. The van der Waals surface area contributed by atoms with Crippen LogP contribution in [0.15, 0.2) is 18.2 Å². The van der Waals surface area contributed by atoms with E-state index in [4.69, 9.17) is 4.74 Å². The van der Waals surface area contributed by atoms with Gasteiger partial charge in [-0.25, -0.2) is 0 Å². The molecule has 1 aliphatic heterocycles. The summed E-state index contributed by atoms with van der Waals surface area (Å²) in [5, 5.41) is 2.15. The predicted molar refractivity (Wildman–Crippen MR) is 81.5 cm³/mol. The highest BCUT2D eigenvalue weighted by atomic mass is 32.2. The Kier molecular flexibility index (Phi) is 5.96. The van der Waals surface area contributed by atoms with E-state index in [1.54, 1.807) is 0 Å². The third-order valence-corrected chi connectivity index (χ3v) is 3.96. The number of nitrogens with one attached hydrogen (secondary N) is 1. The first kappa shape index (κ1) is 18.0. The van der Waals surface area contributed by atoms with Crippen molar-refractivity contribution in [2.45, 2.75) is 6.61 Å². The highest BCUT2D eigenvalue weighted by Gasteiger charge is 2.29. The maximum atomic E-state index is 12.4. The first-order valence-electron chi connectivity index (χ1n) is 6.80. The maximum Gasteiger partial charge on any atom is 0.387 e. The number of carbonyl (C=O) groups is 3. The van der Waals surface area contributed by atoms with Gasteiger partial charge < -0.3 is 14.8 Å². The van der Waals surface area contributed by atoms with E-state index in [0.29, 0.717) is 0 Å². The highest BCUT2D eigenvalue weighted by Crippen LogP contribution is 2.29. The van der Waals surface area contributed by atoms with Crippen molar-refractivity contribution in [2.75, 3.05) is 26.0 Å². The fourth-order valence-electron chi connectivity index (χ4n) is 1.99. The Balaban J connectivity index is 1.96. The Bertz CT molecular complexity index is 640. The van der Waals surface area contributed by atoms with Crippen LogP contribution in [0, 0.1) is 0 Å². The fourth-order valence-corrected chi connectivity index (χ4v) is 2.74. The second-order valence-electron chi connectivity index (χ2n) is 4.60. The number of alkyl halides is 2. The smallest absolute Gasteiger partial charge is 0.387 e. The zero-order valence-corrected chi connectivity index (χ0v) is 13.4. The number of ether oxygens (including phenoxy) is 2. The minimum atomic E-state index is -3.05. The predicted octanol–water partition coefficient (Wildman–Crippen LogP) is 1.72. The molecular formula is C14H14F2N2O5S. The number of imide groups is 1. The molecule has 2 rings (SSSR count). The Labute approximate surface area is 140 Å². The van der Waals surface area contributed by atoms with E-state index in [-0.39, 0.29) is 47.1 Å². The number of thioether (sulfide) groups is 1. The summed E-state index contributed by atoms with van der Waals surface area (Å²) >= 11 is 0.904. The van der Waals surface area contributed by atoms with E-state index in [0.717, 1.165) is 22.7 Å². The molecule has 0 aliphatic carbocycles. The summed E-state index contributed by atoms with van der Waals surface area (Å²) in [6.45, 7) is -2.96. The lowest BCUT2D eigenvalue weighted by Gasteiger charge is -2.14. The first-order chi connectivity index (χ1) is 11.4. The molecule has 1 fully saturated rings. The fraction of sp³-hybridized carbons (Fsp3) is 0.357. The zero-order valence-electron chi connectivity index (χ0n) is 12.6. The summed E-state index contributed by atoms with van der Waals surface area (Å²) in [5.74, 6) is -0.960. The van der Waals surface area contributed by atoms with E-state index in [1.165, 1.54) is 19.2 Å². The average Bonchev–Trinajstić information content (AvgIpc) is 2.86. The number of halogens is 2. The van der Waals surface area contributed by atoms with E-state index < -0.39 is 12.5 Å². The van der Waals surface area contributed by atoms with Crippen molar-refractivity contribution in [3.63, 3.8) is 0 Å². The lowest BCUT2D eigenvalue weighted by atomic mass is 10.2. The van der Waals surface area contributed by atoms with Gasteiger partial charge in [0.15, 0.2) is 11.5 Å². The molecule has 1 aliphatic rings. The van der Waals surface area contributed by atoms with Crippen LogP contribution in [-0.4, -0.2) is 54.5 Å². The van der Waals surface area contributed by atoms with Gasteiger partial charge in [0.25, 0.3) is 11.1 Å². The zero-order chi connectivity index (χ0) is 17.7. The molecule has 0 aromatic heterocycles. The Hall–Kier alpha value is -2.36. The van der Waals surface area contributed by atoms with Crippen molar-refractivity contribution < 1.29 is 32.6 Å². The molecule has 0 unspecified atom stereocenters. The number of nitrogens with zero attached hydrogens (tertiary/aromatic N) is 1. The molecule has 0 atom stereocenters. The number of carbonyl (C=O) groups excluding carboxylic acids is 3. The van der Waals surface area contributed by atoms with E-state index >= 15 is 0 Å². The summed E-state index contributed by atoms with van der Waals surface area (Å²) in [7, 11) is 1.29. The Morgan fingerprint density at radius 3 is 2.71 bits per heavy atom. The van der Waals surface area contributed by atoms with Gasteiger partial charge in [-0.05, 0) is 18.2 Å². The molecule has 1 saturated heterocycles. The van der Waals surface area contributed by atoms with Crippen molar-refractivity contribution in [1.29, 1.82) is 0 Å². The lowest BCUT2D eigenvalue weighted by Crippen LogP contribution is -2.37. The summed E-state index contributed by atoms with van der Waals surface area (Å²) in [5.41, 5.74) is 0.0832. The summed E-state index contributed by atoms with van der Waals surface area (Å²) < 4.78 is 33.9. The molecule has 1 aromatic rings. The van der Waals surface area contributed by atoms with Crippen molar-refractivity contribution in [3.05, 3.63) is 23.8 Å². The summed E-state index contributed by atoms with van der Waals surface area (Å²) in [6, 6.07) is 3.84. The van der Waals surface area contributed by atoms with Crippen molar-refractivity contribution >= 4 is 28.8 Å². The third-order valence-electron chi connectivity index (χ3n) is 3.10. The van der Waals surface area contributed by atoms with E-state index in [2.05, 4.69) is 10.1 Å². The van der Waals surface area contributed by atoms with Crippen LogP contribution < -0.4 is 14.8 Å². The topological polar surface area (TPSA) is 84.9 Å². The normalized spacial score (nSPS) is 14.2. The molecule has 0 bridgehead atoms. The van der Waals surface area contributed by atoms with Crippen LogP contribution in [0.3, 0.4) is 0 Å². The van der Waals surface area contributed by atoms with Gasteiger partial charge in [-0.1, -0.05) is 11.8 Å². The van der Waals surface area contributed by atoms with Crippen molar-refractivity contribution in [1.82, 2.24) is 10.2 Å². The third kappa shape index (κ3) is 4.34. The van der Waals surface area contributed by atoms with Gasteiger partial charge in [0, 0.05) is 18.7 Å². The van der Waals surface area contributed by atoms with E-state index in [9.17, 15) is 23.2 Å². The van der Waals surface area contributed by atoms with Gasteiger partial charge in [-0.2, -0.15) is 8.78 Å². The second kappa shape index (κ2) is 7.95. The standard InChI is InChI=1S/C14H14F2N2O5S/c1-22-9-3-2-8(6-10(9)23-13(15)16)12(20)17-4-5-18-11(19)7-24-14(18)21/h2-3,6,13H,4-5,7H2,1H3,(H,17,20). The highest BCUT2D eigenvalue weighted by molar-refractivity contribution is 8.14. The quantitative estimate of drug-likeness (QED) is 0.797. The summed E-state index contributed by atoms with van der Waals surface area (Å²) in [4.78, 5) is 35.9. The van der Waals surface area contributed by atoms with Gasteiger partial charge in [0.2, 0.25) is 5.91 Å². The first-order valence-corrected chi connectivity index (χ1v) is 7.79. The molecule has 0 saturated carbocycles. The van der Waals surface area contributed by atoms with Crippen molar-refractivity contribution in [3.8, 4) is 11.5 Å². The molecule has 24 heavy (non-hydrogen) atoms. The largest absolute Gasteiger partial charge is 0.493 e. The van der Waals surface area contributed by atoms with Crippen LogP contribution in [0.4, 0.5) is 13.6 Å². The maximum absolute atomic E-state index is 12.4. The number of amides is 3. The summed E-state index contributed by atoms with van der Waals surface area (Å²) in [6.07, 6.45) is 0.